The van der Waals surface area contributed by atoms with Crippen molar-refractivity contribution in [2.24, 2.45) is 17.8 Å². The van der Waals surface area contributed by atoms with Gasteiger partial charge in [0.05, 0.1) is 29.5 Å². The summed E-state index contributed by atoms with van der Waals surface area (Å²) in [6, 6.07) is 5.71. The molecule has 14 nitrogen and oxygen atoms in total. The van der Waals surface area contributed by atoms with Crippen molar-refractivity contribution in [3.63, 3.8) is 0 Å². The largest absolute Gasteiger partial charge is 0.493 e. The van der Waals surface area contributed by atoms with Crippen molar-refractivity contribution in [3.05, 3.63) is 42.5 Å². The molecule has 3 N–H and O–H groups in total. The van der Waals surface area contributed by atoms with E-state index in [1.165, 1.54) is 4.90 Å². The molecule has 5 fully saturated rings. The monoisotopic (exact) mass is 833 g/mol. The van der Waals surface area contributed by atoms with Crippen LogP contribution in [0.25, 0.3) is 10.9 Å². The van der Waals surface area contributed by atoms with E-state index < -0.39 is 68.7 Å². The maximum Gasteiger partial charge on any atom is 0.408 e. The lowest BCUT2D eigenvalue weighted by molar-refractivity contribution is -0.145. The van der Waals surface area contributed by atoms with Gasteiger partial charge in [0.25, 0.3) is 5.91 Å². The van der Waals surface area contributed by atoms with Crippen molar-refractivity contribution in [2.75, 3.05) is 13.2 Å². The number of benzene rings is 1. The standard InChI is InChI=1S/C44H59N5O9S/c1-3-29-23-24-44(29,42(52)48-59(54,55)31-21-22-31)47-39(50)35-25-30-26-49(35)41(51)37(28-14-8-9-15-28)46-43(53)58-36-20-12-16-27(36)13-6-5-7-18-33-38(56-4-2)32-17-10-11-19-34(32)45-40(33)57-30/h3,10-11,17,19,27-31,35-37H,1,4-9,12-16,18,20-26H2,2H3,(H,46,53)(H,47,50)(H,48,52). The lowest BCUT2D eigenvalue weighted by Gasteiger charge is -2.47. The smallest absolute Gasteiger partial charge is 0.408 e. The number of nitrogens with one attached hydrogen (secondary N) is 3. The zero-order valence-corrected chi connectivity index (χ0v) is 34.9. The molecule has 2 bridgehead atoms. The van der Waals surface area contributed by atoms with Crippen molar-refractivity contribution in [1.29, 1.82) is 0 Å². The number of hydrogen-bond acceptors (Lipinski definition) is 10. The van der Waals surface area contributed by atoms with E-state index in [0.29, 0.717) is 49.4 Å². The van der Waals surface area contributed by atoms with Gasteiger partial charge in [0, 0.05) is 17.7 Å². The second-order valence-corrected chi connectivity index (χ2v) is 19.5. The minimum Gasteiger partial charge on any atom is -0.493 e. The number of nitrogens with zero attached hydrogens (tertiary/aromatic N) is 2. The van der Waals surface area contributed by atoms with E-state index in [1.807, 2.05) is 31.2 Å². The molecule has 2 aromatic rings. The number of carbonyl (C=O) groups is 4. The van der Waals surface area contributed by atoms with Gasteiger partial charge < -0.3 is 29.7 Å². The fourth-order valence-corrected chi connectivity index (χ4v) is 11.6. The first-order chi connectivity index (χ1) is 28.5. The molecule has 4 aliphatic carbocycles. The van der Waals surface area contributed by atoms with Crippen LogP contribution in [0.4, 0.5) is 4.79 Å². The van der Waals surface area contributed by atoms with E-state index >= 15 is 4.79 Å². The average molecular weight is 834 g/mol. The number of sulfonamides is 1. The molecule has 0 radical (unpaired) electrons. The highest BCUT2D eigenvalue weighted by Crippen LogP contribution is 2.42. The topological polar surface area (TPSA) is 182 Å². The maximum absolute atomic E-state index is 15.0. The minimum absolute atomic E-state index is 0.0135. The van der Waals surface area contributed by atoms with Gasteiger partial charge in [0.1, 0.15) is 35.6 Å². The van der Waals surface area contributed by atoms with Gasteiger partial charge in [0.2, 0.25) is 27.7 Å². The number of hydrogen-bond donors (Lipinski definition) is 3. The Hall–Kier alpha value is -4.40. The maximum atomic E-state index is 15.0. The summed E-state index contributed by atoms with van der Waals surface area (Å²) in [5.74, 6) is -1.17. The summed E-state index contributed by atoms with van der Waals surface area (Å²) in [6.45, 7) is 6.29. The normalized spacial score (nSPS) is 30.7. The van der Waals surface area contributed by atoms with Gasteiger partial charge in [-0.15, -0.1) is 6.58 Å². The summed E-state index contributed by atoms with van der Waals surface area (Å²) in [7, 11) is -3.91. The average Bonchev–Trinajstić information content (AvgIpc) is 3.54. The van der Waals surface area contributed by atoms with Crippen LogP contribution in [0.5, 0.6) is 11.6 Å². The number of aromatic nitrogens is 1. The zero-order valence-electron chi connectivity index (χ0n) is 34.1. The van der Waals surface area contributed by atoms with Crippen molar-refractivity contribution in [1.82, 2.24) is 25.2 Å². The SMILES string of the molecule is C=CC1CCC1(NC(=O)C1CC2CN1C(=O)C(C1CCCC1)NC(=O)OC1CCCC1CCCCCc1c(nc3ccccc3c1OCC)O2)C(=O)NS(=O)(=O)C1CC1. The van der Waals surface area contributed by atoms with Crippen LogP contribution in [0.2, 0.25) is 0 Å². The number of rotatable bonds is 9. The fourth-order valence-electron chi connectivity index (χ4n) is 10.3. The Morgan fingerprint density at radius 1 is 0.983 bits per heavy atom. The number of carbonyl (C=O) groups excluding carboxylic acids is 4. The summed E-state index contributed by atoms with van der Waals surface area (Å²) < 4.78 is 47.4. The van der Waals surface area contributed by atoms with Crippen molar-refractivity contribution >= 4 is 44.7 Å². The van der Waals surface area contributed by atoms with E-state index in [1.54, 1.807) is 6.08 Å². The van der Waals surface area contributed by atoms with E-state index in [4.69, 9.17) is 19.2 Å². The molecule has 1 saturated heterocycles. The molecule has 7 atom stereocenters. The van der Waals surface area contributed by atoms with Gasteiger partial charge in [-0.3, -0.25) is 19.1 Å². The van der Waals surface area contributed by atoms with Crippen molar-refractivity contribution in [2.45, 2.75) is 151 Å². The molecule has 1 aromatic heterocycles. The molecule has 4 amide bonds. The molecule has 3 heterocycles. The van der Waals surface area contributed by atoms with Crippen LogP contribution in [0, 0.1) is 17.8 Å². The first-order valence-corrected chi connectivity index (χ1v) is 23.5. The molecular weight excluding hydrogens is 775 g/mol. The first-order valence-electron chi connectivity index (χ1n) is 22.0. The van der Waals surface area contributed by atoms with Crippen LogP contribution in [0.3, 0.4) is 0 Å². The minimum atomic E-state index is -3.91. The summed E-state index contributed by atoms with van der Waals surface area (Å²) in [5, 5.41) is 6.16. The Morgan fingerprint density at radius 3 is 2.46 bits per heavy atom. The summed E-state index contributed by atoms with van der Waals surface area (Å²) in [6.07, 6.45) is 12.1. The number of alkyl carbamates (subject to hydrolysis) is 1. The fraction of sp³-hybridized carbons (Fsp3) is 0.659. The highest BCUT2D eigenvalue weighted by molar-refractivity contribution is 7.91. The van der Waals surface area contributed by atoms with Gasteiger partial charge in [-0.25, -0.2) is 18.2 Å². The first kappa shape index (κ1) is 41.3. The Labute approximate surface area is 347 Å². The van der Waals surface area contributed by atoms with Crippen LogP contribution in [-0.4, -0.2) is 90.3 Å². The second-order valence-electron chi connectivity index (χ2n) is 17.6. The number of ether oxygens (including phenoxy) is 3. The molecule has 2 aliphatic heterocycles. The predicted molar refractivity (Wildman–Crippen MR) is 220 cm³/mol. The molecule has 7 unspecified atom stereocenters. The van der Waals surface area contributed by atoms with Crippen LogP contribution >= 0.6 is 0 Å². The van der Waals surface area contributed by atoms with E-state index in [9.17, 15) is 22.8 Å². The van der Waals surface area contributed by atoms with Gasteiger partial charge in [-0.2, -0.15) is 0 Å². The number of amides is 4. The van der Waals surface area contributed by atoms with Gasteiger partial charge in [-0.1, -0.05) is 43.9 Å². The molecule has 320 valence electrons. The molecule has 4 saturated carbocycles. The Bertz CT molecular complexity index is 2050. The summed E-state index contributed by atoms with van der Waals surface area (Å²) in [4.78, 5) is 63.8. The third-order valence-electron chi connectivity index (χ3n) is 13.8. The highest BCUT2D eigenvalue weighted by Gasteiger charge is 2.56. The third kappa shape index (κ3) is 8.50. The predicted octanol–water partition coefficient (Wildman–Crippen LogP) is 5.61. The molecule has 8 rings (SSSR count). The van der Waals surface area contributed by atoms with E-state index in [-0.39, 0.29) is 37.3 Å². The van der Waals surface area contributed by atoms with E-state index in [2.05, 4.69) is 21.9 Å². The van der Waals surface area contributed by atoms with Crippen molar-refractivity contribution in [3.8, 4) is 11.6 Å². The number of para-hydroxylation sites is 1. The summed E-state index contributed by atoms with van der Waals surface area (Å²) >= 11 is 0. The van der Waals surface area contributed by atoms with Gasteiger partial charge >= 0.3 is 6.09 Å². The zero-order chi connectivity index (χ0) is 41.3. The molecule has 6 aliphatic rings. The van der Waals surface area contributed by atoms with Crippen LogP contribution < -0.4 is 24.8 Å². The molecular formula is C44H59N5O9S. The highest BCUT2D eigenvalue weighted by atomic mass is 32.2. The van der Waals surface area contributed by atoms with Crippen LogP contribution in [0.15, 0.2) is 36.9 Å². The van der Waals surface area contributed by atoms with Gasteiger partial charge in [-0.05, 0) is 108 Å². The Balaban J connectivity index is 1.16. The lowest BCUT2D eigenvalue weighted by atomic mass is 9.66. The van der Waals surface area contributed by atoms with Gasteiger partial charge in [0.15, 0.2) is 0 Å². The lowest BCUT2D eigenvalue weighted by Crippen LogP contribution is -2.70. The van der Waals surface area contributed by atoms with Crippen LogP contribution in [0.1, 0.15) is 115 Å². The molecule has 15 heteroatoms. The molecule has 0 spiro atoms. The number of pyridine rings is 1. The quantitative estimate of drug-likeness (QED) is 0.269. The Morgan fingerprint density at radius 2 is 1.73 bits per heavy atom. The van der Waals surface area contributed by atoms with Crippen molar-refractivity contribution < 1.29 is 41.8 Å². The third-order valence-corrected chi connectivity index (χ3v) is 15.6. The second kappa shape index (κ2) is 17.3. The Kier molecular flexibility index (Phi) is 12.1. The van der Waals surface area contributed by atoms with E-state index in [0.717, 1.165) is 81.6 Å². The number of fused-ring (bicyclic) bond motifs is 5. The summed E-state index contributed by atoms with van der Waals surface area (Å²) in [5.41, 5.74) is -0.0282. The molecule has 1 aromatic carbocycles. The molecule has 59 heavy (non-hydrogen) atoms. The van der Waals surface area contributed by atoms with Crippen LogP contribution in [-0.2, 0) is 35.6 Å².